The lowest BCUT2D eigenvalue weighted by molar-refractivity contribution is 0.379. The average Bonchev–Trinajstić information content (AvgIpc) is 2.67. The van der Waals surface area contributed by atoms with E-state index in [0.717, 1.165) is 44.7 Å². The first-order valence-electron chi connectivity index (χ1n) is 8.92. The molecule has 2 heterocycles. The van der Waals surface area contributed by atoms with Crippen molar-refractivity contribution in [3.8, 4) is 0 Å². The van der Waals surface area contributed by atoms with E-state index in [1.54, 1.807) is 6.20 Å². The Morgan fingerprint density at radius 3 is 2.32 bits per heavy atom. The summed E-state index contributed by atoms with van der Waals surface area (Å²) in [4.78, 5) is 5.57. The van der Waals surface area contributed by atoms with Gasteiger partial charge in [-0.25, -0.2) is 17.2 Å². The highest BCUT2D eigenvalue weighted by Gasteiger charge is 2.33. The molecule has 1 aliphatic heterocycles. The van der Waals surface area contributed by atoms with Gasteiger partial charge in [-0.3, -0.25) is 4.98 Å². The lowest BCUT2D eigenvalue weighted by atomic mass is 10.1. The van der Waals surface area contributed by atoms with Crippen LogP contribution in [0.5, 0.6) is 0 Å². The number of sulfonamides is 1. The molecule has 0 spiro atoms. The molecule has 1 saturated heterocycles. The molecule has 0 radical (unpaired) electrons. The molecule has 0 amide bonds. The van der Waals surface area contributed by atoms with Gasteiger partial charge in [0.1, 0.15) is 11.6 Å². The summed E-state index contributed by atoms with van der Waals surface area (Å²) in [6, 6.07) is 11.0. The number of benzene rings is 2. The van der Waals surface area contributed by atoms with Crippen molar-refractivity contribution in [3.05, 3.63) is 65.9 Å². The van der Waals surface area contributed by atoms with Crippen LogP contribution in [0.1, 0.15) is 5.56 Å². The van der Waals surface area contributed by atoms with E-state index in [2.05, 4.69) is 16.0 Å². The van der Waals surface area contributed by atoms with Gasteiger partial charge < -0.3 is 4.90 Å². The van der Waals surface area contributed by atoms with Crippen LogP contribution in [0.15, 0.2) is 53.6 Å². The maximum absolute atomic E-state index is 14.0. The minimum absolute atomic E-state index is 0.145. The molecule has 8 heteroatoms. The highest BCUT2D eigenvalue weighted by Crippen LogP contribution is 2.29. The normalized spacial score (nSPS) is 15.9. The monoisotopic (exact) mass is 403 g/mol. The fourth-order valence-electron chi connectivity index (χ4n) is 3.55. The van der Waals surface area contributed by atoms with Crippen LogP contribution >= 0.6 is 0 Å². The molecule has 28 heavy (non-hydrogen) atoms. The summed E-state index contributed by atoms with van der Waals surface area (Å²) < 4.78 is 54.6. The van der Waals surface area contributed by atoms with Crippen molar-refractivity contribution >= 4 is 26.6 Å². The third-order valence-corrected chi connectivity index (χ3v) is 6.92. The Morgan fingerprint density at radius 2 is 1.64 bits per heavy atom. The van der Waals surface area contributed by atoms with Gasteiger partial charge in [-0.15, -0.1) is 0 Å². The molecule has 0 unspecified atom stereocenters. The summed E-state index contributed by atoms with van der Waals surface area (Å²) in [7, 11) is -4.23. The largest absolute Gasteiger partial charge is 0.368 e. The van der Waals surface area contributed by atoms with Gasteiger partial charge in [0.05, 0.1) is 5.52 Å². The molecule has 1 aliphatic rings. The number of aromatic nitrogens is 1. The Morgan fingerprint density at radius 1 is 0.964 bits per heavy atom. The smallest absolute Gasteiger partial charge is 0.249 e. The van der Waals surface area contributed by atoms with Crippen LogP contribution in [0.25, 0.3) is 10.9 Å². The number of piperazine rings is 1. The highest BCUT2D eigenvalue weighted by molar-refractivity contribution is 7.89. The van der Waals surface area contributed by atoms with Crippen LogP contribution in [0.2, 0.25) is 0 Å². The van der Waals surface area contributed by atoms with Crippen molar-refractivity contribution in [3.63, 3.8) is 0 Å². The maximum Gasteiger partial charge on any atom is 0.249 e. The van der Waals surface area contributed by atoms with Crippen LogP contribution in [0.4, 0.5) is 14.5 Å². The van der Waals surface area contributed by atoms with Crippen LogP contribution in [-0.2, 0) is 10.0 Å². The Balaban J connectivity index is 1.60. The van der Waals surface area contributed by atoms with E-state index < -0.39 is 26.6 Å². The van der Waals surface area contributed by atoms with E-state index in [4.69, 9.17) is 0 Å². The maximum atomic E-state index is 14.0. The van der Waals surface area contributed by atoms with Gasteiger partial charge in [-0.05, 0) is 37.3 Å². The highest BCUT2D eigenvalue weighted by atomic mass is 32.2. The summed E-state index contributed by atoms with van der Waals surface area (Å²) in [6.45, 7) is 3.13. The predicted molar refractivity (Wildman–Crippen MR) is 104 cm³/mol. The van der Waals surface area contributed by atoms with Crippen molar-refractivity contribution in [2.75, 3.05) is 31.1 Å². The first-order chi connectivity index (χ1) is 13.4. The summed E-state index contributed by atoms with van der Waals surface area (Å²) in [5, 5.41) is 0.999. The fraction of sp³-hybridized carbons (Fsp3) is 0.250. The van der Waals surface area contributed by atoms with Gasteiger partial charge in [0.15, 0.2) is 4.90 Å². The van der Waals surface area contributed by atoms with Gasteiger partial charge in [0, 0.05) is 43.4 Å². The number of fused-ring (bicyclic) bond motifs is 1. The molecule has 0 N–H and O–H groups in total. The molecule has 0 saturated carbocycles. The molecule has 1 fully saturated rings. The number of aryl methyl sites for hydroxylation is 1. The Labute approximate surface area is 162 Å². The summed E-state index contributed by atoms with van der Waals surface area (Å²) in [6.07, 6.45) is 1.73. The SMILES string of the molecule is Cc1ccc2nccc(N3CCN(S(=O)(=O)c4c(F)cccc4F)CC3)c2c1. The standard InChI is InChI=1S/C20H19F2N3O2S/c1-14-5-6-18-15(13-14)19(7-8-23-18)24-9-11-25(12-10-24)28(26,27)20-16(21)3-2-4-17(20)22/h2-8,13H,9-12H2,1H3. The topological polar surface area (TPSA) is 53.5 Å². The lowest BCUT2D eigenvalue weighted by Crippen LogP contribution is -2.49. The molecule has 2 aromatic carbocycles. The van der Waals surface area contributed by atoms with Crippen molar-refractivity contribution < 1.29 is 17.2 Å². The van der Waals surface area contributed by atoms with E-state index in [1.165, 1.54) is 0 Å². The second-order valence-corrected chi connectivity index (χ2v) is 8.67. The number of rotatable bonds is 3. The van der Waals surface area contributed by atoms with Crippen LogP contribution in [0.3, 0.4) is 0 Å². The second-order valence-electron chi connectivity index (χ2n) is 6.79. The second kappa shape index (κ2) is 7.10. The minimum Gasteiger partial charge on any atom is -0.368 e. The number of hydrogen-bond donors (Lipinski definition) is 0. The zero-order chi connectivity index (χ0) is 19.9. The molecule has 0 aliphatic carbocycles. The predicted octanol–water partition coefficient (Wildman–Crippen LogP) is 3.33. The first-order valence-corrected chi connectivity index (χ1v) is 10.4. The van der Waals surface area contributed by atoms with E-state index in [9.17, 15) is 17.2 Å². The number of nitrogens with zero attached hydrogens (tertiary/aromatic N) is 3. The van der Waals surface area contributed by atoms with Crippen molar-refractivity contribution in [1.82, 2.24) is 9.29 Å². The van der Waals surface area contributed by atoms with Crippen LogP contribution in [0, 0.1) is 18.6 Å². The zero-order valence-corrected chi connectivity index (χ0v) is 16.1. The van der Waals surface area contributed by atoms with Crippen molar-refractivity contribution in [2.24, 2.45) is 0 Å². The van der Waals surface area contributed by atoms with Gasteiger partial charge in [-0.2, -0.15) is 4.31 Å². The number of anilines is 1. The molecule has 1 aromatic heterocycles. The lowest BCUT2D eigenvalue weighted by Gasteiger charge is -2.36. The molecule has 0 atom stereocenters. The minimum atomic E-state index is -4.23. The zero-order valence-electron chi connectivity index (χ0n) is 15.3. The molecule has 3 aromatic rings. The van der Waals surface area contributed by atoms with Gasteiger partial charge in [0.25, 0.3) is 0 Å². The Hall–Kier alpha value is -2.58. The summed E-state index contributed by atoms with van der Waals surface area (Å²) in [5.74, 6) is -2.14. The number of hydrogen-bond acceptors (Lipinski definition) is 4. The molecule has 0 bridgehead atoms. The van der Waals surface area contributed by atoms with Crippen LogP contribution in [-0.4, -0.2) is 43.9 Å². The van der Waals surface area contributed by atoms with Crippen LogP contribution < -0.4 is 4.90 Å². The van der Waals surface area contributed by atoms with Gasteiger partial charge in [0.2, 0.25) is 10.0 Å². The first kappa shape index (κ1) is 18.8. The number of halogens is 2. The van der Waals surface area contributed by atoms with Gasteiger partial charge in [-0.1, -0.05) is 17.7 Å². The third-order valence-electron chi connectivity index (χ3n) is 4.97. The quantitative estimate of drug-likeness (QED) is 0.673. The van der Waals surface area contributed by atoms with E-state index >= 15 is 0 Å². The summed E-state index contributed by atoms with van der Waals surface area (Å²) >= 11 is 0. The molecular weight excluding hydrogens is 384 g/mol. The molecule has 4 rings (SSSR count). The Kier molecular flexibility index (Phi) is 4.76. The van der Waals surface area contributed by atoms with Gasteiger partial charge >= 0.3 is 0 Å². The van der Waals surface area contributed by atoms with E-state index in [-0.39, 0.29) is 13.1 Å². The average molecular weight is 403 g/mol. The summed E-state index contributed by atoms with van der Waals surface area (Å²) in [5.41, 5.74) is 2.95. The van der Waals surface area contributed by atoms with Crippen molar-refractivity contribution in [2.45, 2.75) is 11.8 Å². The molecule has 5 nitrogen and oxygen atoms in total. The fourth-order valence-corrected chi connectivity index (χ4v) is 5.08. The third kappa shape index (κ3) is 3.22. The molecular formula is C20H19F2N3O2S. The van der Waals surface area contributed by atoms with Crippen molar-refractivity contribution in [1.29, 1.82) is 0 Å². The Bertz CT molecular complexity index is 1120. The van der Waals surface area contributed by atoms with E-state index in [0.29, 0.717) is 13.1 Å². The molecule has 146 valence electrons. The number of pyridine rings is 1. The van der Waals surface area contributed by atoms with E-state index in [1.807, 2.05) is 25.1 Å².